The Morgan fingerprint density at radius 3 is 2.78 bits per heavy atom. The number of aromatic carboxylic acids is 1. The van der Waals surface area contributed by atoms with Crippen LogP contribution in [0.2, 0.25) is 0 Å². The Bertz CT molecular complexity index is 438. The SMILES string of the molecule is CC(CCO)CNc1cc(F)c(C(=O)O)cc1N. The Balaban J connectivity index is 2.79. The van der Waals surface area contributed by atoms with Gasteiger partial charge in [0, 0.05) is 13.2 Å². The molecular weight excluding hydrogens is 239 g/mol. The summed E-state index contributed by atoms with van der Waals surface area (Å²) in [7, 11) is 0. The van der Waals surface area contributed by atoms with Gasteiger partial charge in [0.05, 0.1) is 16.9 Å². The van der Waals surface area contributed by atoms with Gasteiger partial charge in [0.1, 0.15) is 5.82 Å². The van der Waals surface area contributed by atoms with Gasteiger partial charge in [-0.25, -0.2) is 9.18 Å². The lowest BCUT2D eigenvalue weighted by molar-refractivity contribution is 0.0692. The Morgan fingerprint density at radius 2 is 2.22 bits per heavy atom. The Morgan fingerprint density at radius 1 is 1.56 bits per heavy atom. The number of hydrogen-bond acceptors (Lipinski definition) is 4. The van der Waals surface area contributed by atoms with E-state index in [0.717, 1.165) is 12.1 Å². The average molecular weight is 256 g/mol. The van der Waals surface area contributed by atoms with Crippen molar-refractivity contribution in [3.05, 3.63) is 23.5 Å². The number of halogens is 1. The van der Waals surface area contributed by atoms with E-state index in [9.17, 15) is 9.18 Å². The lowest BCUT2D eigenvalue weighted by Gasteiger charge is -2.14. The zero-order chi connectivity index (χ0) is 13.7. The van der Waals surface area contributed by atoms with Crippen molar-refractivity contribution in [3.63, 3.8) is 0 Å². The van der Waals surface area contributed by atoms with Gasteiger partial charge in [-0.2, -0.15) is 0 Å². The van der Waals surface area contributed by atoms with E-state index >= 15 is 0 Å². The lowest BCUT2D eigenvalue weighted by atomic mass is 10.1. The summed E-state index contributed by atoms with van der Waals surface area (Å²) in [5.41, 5.74) is 5.75. The molecule has 0 aliphatic rings. The summed E-state index contributed by atoms with van der Waals surface area (Å²) in [5, 5.41) is 20.4. The molecule has 1 aromatic carbocycles. The monoisotopic (exact) mass is 256 g/mol. The second-order valence-electron chi connectivity index (χ2n) is 4.22. The number of hydrogen-bond donors (Lipinski definition) is 4. The van der Waals surface area contributed by atoms with E-state index in [0.29, 0.717) is 18.7 Å². The first-order chi connectivity index (χ1) is 8.45. The predicted molar refractivity (Wildman–Crippen MR) is 67.1 cm³/mol. The van der Waals surface area contributed by atoms with Crippen LogP contribution in [0.5, 0.6) is 0 Å². The topological polar surface area (TPSA) is 95.6 Å². The second-order valence-corrected chi connectivity index (χ2v) is 4.22. The van der Waals surface area contributed by atoms with E-state index in [4.69, 9.17) is 15.9 Å². The van der Waals surface area contributed by atoms with Gasteiger partial charge in [-0.05, 0) is 24.5 Å². The summed E-state index contributed by atoms with van der Waals surface area (Å²) in [6.45, 7) is 2.54. The highest BCUT2D eigenvalue weighted by molar-refractivity contribution is 5.90. The number of carboxylic acids is 1. The van der Waals surface area contributed by atoms with Crippen molar-refractivity contribution in [3.8, 4) is 0 Å². The van der Waals surface area contributed by atoms with Crippen LogP contribution in [0, 0.1) is 11.7 Å². The fraction of sp³-hybridized carbons (Fsp3) is 0.417. The van der Waals surface area contributed by atoms with Gasteiger partial charge >= 0.3 is 5.97 Å². The first-order valence-corrected chi connectivity index (χ1v) is 5.62. The number of nitrogens with two attached hydrogens (primary N) is 1. The number of aliphatic hydroxyl groups excluding tert-OH is 1. The molecule has 0 bridgehead atoms. The normalized spacial score (nSPS) is 12.2. The summed E-state index contributed by atoms with van der Waals surface area (Å²) in [4.78, 5) is 10.7. The third-order valence-corrected chi connectivity index (χ3v) is 2.63. The van der Waals surface area contributed by atoms with Crippen LogP contribution in [-0.2, 0) is 0 Å². The maximum absolute atomic E-state index is 13.4. The Labute approximate surface area is 104 Å². The standard InChI is InChI=1S/C12H17FN2O3/c1-7(2-3-16)6-15-11-5-9(13)8(12(17)18)4-10(11)14/h4-5,7,15-16H,2-3,6,14H2,1H3,(H,17,18). The van der Waals surface area contributed by atoms with Crippen LogP contribution in [0.4, 0.5) is 15.8 Å². The number of rotatable bonds is 6. The number of carbonyl (C=O) groups is 1. The van der Waals surface area contributed by atoms with Crippen molar-refractivity contribution >= 4 is 17.3 Å². The molecule has 0 fully saturated rings. The largest absolute Gasteiger partial charge is 0.478 e. The van der Waals surface area contributed by atoms with E-state index in [1.54, 1.807) is 0 Å². The summed E-state index contributed by atoms with van der Waals surface area (Å²) in [6, 6.07) is 2.17. The van der Waals surface area contributed by atoms with E-state index in [-0.39, 0.29) is 18.2 Å². The average Bonchev–Trinajstić information content (AvgIpc) is 2.29. The quantitative estimate of drug-likeness (QED) is 0.579. The van der Waals surface area contributed by atoms with Gasteiger partial charge in [0.2, 0.25) is 0 Å². The molecule has 0 saturated carbocycles. The third kappa shape index (κ3) is 3.59. The summed E-state index contributed by atoms with van der Waals surface area (Å²) in [6.07, 6.45) is 0.628. The van der Waals surface area contributed by atoms with Crippen LogP contribution in [0.3, 0.4) is 0 Å². The van der Waals surface area contributed by atoms with E-state index in [1.165, 1.54) is 0 Å². The first kappa shape index (κ1) is 14.2. The van der Waals surface area contributed by atoms with Crippen LogP contribution in [0.1, 0.15) is 23.7 Å². The molecule has 0 aliphatic heterocycles. The fourth-order valence-electron chi connectivity index (χ4n) is 1.51. The van der Waals surface area contributed by atoms with Crippen LogP contribution in [0.15, 0.2) is 12.1 Å². The number of nitrogen functional groups attached to an aromatic ring is 1. The van der Waals surface area contributed by atoms with Crippen molar-refractivity contribution in [2.75, 3.05) is 24.2 Å². The van der Waals surface area contributed by atoms with Gasteiger partial charge in [-0.3, -0.25) is 0 Å². The molecule has 6 heteroatoms. The van der Waals surface area contributed by atoms with Gasteiger partial charge in [-0.1, -0.05) is 6.92 Å². The fourth-order valence-corrected chi connectivity index (χ4v) is 1.51. The van der Waals surface area contributed by atoms with Crippen LogP contribution < -0.4 is 11.1 Å². The number of nitrogens with one attached hydrogen (secondary N) is 1. The van der Waals surface area contributed by atoms with Crippen LogP contribution in [0.25, 0.3) is 0 Å². The van der Waals surface area contributed by atoms with Crippen molar-refractivity contribution in [1.29, 1.82) is 0 Å². The van der Waals surface area contributed by atoms with Crippen molar-refractivity contribution < 1.29 is 19.4 Å². The summed E-state index contributed by atoms with van der Waals surface area (Å²) < 4.78 is 13.4. The molecule has 1 aromatic rings. The maximum atomic E-state index is 13.4. The third-order valence-electron chi connectivity index (χ3n) is 2.63. The molecule has 1 unspecified atom stereocenters. The highest BCUT2D eigenvalue weighted by Gasteiger charge is 2.13. The molecule has 0 saturated heterocycles. The Hall–Kier alpha value is -1.82. The van der Waals surface area contributed by atoms with E-state index < -0.39 is 17.3 Å². The second kappa shape index (κ2) is 6.20. The van der Waals surface area contributed by atoms with Gasteiger partial charge in [0.15, 0.2) is 0 Å². The molecule has 0 aliphatic carbocycles. The molecule has 0 radical (unpaired) electrons. The Kier molecular flexibility index (Phi) is 4.91. The highest BCUT2D eigenvalue weighted by Crippen LogP contribution is 2.23. The van der Waals surface area contributed by atoms with Gasteiger partial charge in [0.25, 0.3) is 0 Å². The molecule has 0 heterocycles. The van der Waals surface area contributed by atoms with Crippen molar-refractivity contribution in [1.82, 2.24) is 0 Å². The molecule has 18 heavy (non-hydrogen) atoms. The van der Waals surface area contributed by atoms with Crippen molar-refractivity contribution in [2.24, 2.45) is 5.92 Å². The summed E-state index contributed by atoms with van der Waals surface area (Å²) >= 11 is 0. The molecule has 100 valence electrons. The molecule has 0 spiro atoms. The lowest BCUT2D eigenvalue weighted by Crippen LogP contribution is -2.14. The number of anilines is 2. The smallest absolute Gasteiger partial charge is 0.338 e. The minimum absolute atomic E-state index is 0.0879. The number of aliphatic hydroxyl groups is 1. The molecular formula is C12H17FN2O3. The highest BCUT2D eigenvalue weighted by atomic mass is 19.1. The van der Waals surface area contributed by atoms with Crippen LogP contribution >= 0.6 is 0 Å². The number of benzene rings is 1. The van der Waals surface area contributed by atoms with Crippen molar-refractivity contribution in [2.45, 2.75) is 13.3 Å². The van der Waals surface area contributed by atoms with Crippen LogP contribution in [-0.4, -0.2) is 29.3 Å². The number of carboxylic acid groups (broad SMARTS) is 1. The zero-order valence-corrected chi connectivity index (χ0v) is 10.1. The molecule has 0 amide bonds. The minimum atomic E-state index is -1.35. The van der Waals surface area contributed by atoms with Gasteiger partial charge in [-0.15, -0.1) is 0 Å². The molecule has 1 atom stereocenters. The molecule has 5 N–H and O–H groups in total. The van der Waals surface area contributed by atoms with E-state index in [1.807, 2.05) is 6.92 Å². The molecule has 0 aromatic heterocycles. The molecule has 5 nitrogen and oxygen atoms in total. The first-order valence-electron chi connectivity index (χ1n) is 5.62. The maximum Gasteiger partial charge on any atom is 0.338 e. The predicted octanol–water partition coefficient (Wildman–Crippen LogP) is 1.54. The molecule has 1 rings (SSSR count). The van der Waals surface area contributed by atoms with Gasteiger partial charge < -0.3 is 21.3 Å². The summed E-state index contributed by atoms with van der Waals surface area (Å²) in [5.74, 6) is -1.97. The minimum Gasteiger partial charge on any atom is -0.478 e. The van der Waals surface area contributed by atoms with E-state index in [2.05, 4.69) is 5.32 Å². The zero-order valence-electron chi connectivity index (χ0n) is 10.1.